The highest BCUT2D eigenvalue weighted by molar-refractivity contribution is 7.90. The molecule has 0 heterocycles. The number of hydrogen-bond donors (Lipinski definition) is 1. The summed E-state index contributed by atoms with van der Waals surface area (Å²) in [5.41, 5.74) is 1.36. The Kier molecular flexibility index (Phi) is 7.42. The largest absolute Gasteiger partial charge is 0.497 e. The number of anilines is 1. The van der Waals surface area contributed by atoms with Crippen molar-refractivity contribution in [3.8, 4) is 5.75 Å². The number of benzene rings is 2. The molecule has 0 fully saturated rings. The van der Waals surface area contributed by atoms with E-state index in [0.717, 1.165) is 19.9 Å². The van der Waals surface area contributed by atoms with Gasteiger partial charge in [0.1, 0.15) is 12.3 Å². The molecule has 0 aliphatic rings. The van der Waals surface area contributed by atoms with Crippen molar-refractivity contribution in [2.24, 2.45) is 0 Å². The molecule has 0 aliphatic heterocycles. The van der Waals surface area contributed by atoms with Crippen molar-refractivity contribution in [1.82, 2.24) is 9.62 Å². The number of rotatable bonds is 9. The number of nitrogens with one attached hydrogen (secondary N) is 1. The van der Waals surface area contributed by atoms with Crippen LogP contribution in [0.5, 0.6) is 5.75 Å². The summed E-state index contributed by atoms with van der Waals surface area (Å²) in [6.45, 7) is 1.65. The average molecular weight is 406 g/mol. The zero-order valence-corrected chi connectivity index (χ0v) is 17.4. The molecule has 0 radical (unpaired) electrons. The van der Waals surface area contributed by atoms with Gasteiger partial charge < -0.3 is 10.1 Å². The van der Waals surface area contributed by atoms with E-state index in [1.165, 1.54) is 14.1 Å². The molecule has 8 heteroatoms. The normalized spacial score (nSPS) is 12.5. The first-order chi connectivity index (χ1) is 13.3. The van der Waals surface area contributed by atoms with E-state index in [-0.39, 0.29) is 18.5 Å². The SMILES string of the molecule is CC[C@@H](NC(=O)CN(c1ccccc1)S(=O)(=O)N(C)C)c1ccc(OC)cc1. The molecule has 0 spiro atoms. The van der Waals surface area contributed by atoms with E-state index in [0.29, 0.717) is 12.1 Å². The highest BCUT2D eigenvalue weighted by atomic mass is 32.2. The van der Waals surface area contributed by atoms with Crippen LogP contribution in [0.15, 0.2) is 54.6 Å². The predicted molar refractivity (Wildman–Crippen MR) is 111 cm³/mol. The van der Waals surface area contributed by atoms with E-state index in [4.69, 9.17) is 4.74 Å². The molecule has 1 N–H and O–H groups in total. The highest BCUT2D eigenvalue weighted by Gasteiger charge is 2.27. The van der Waals surface area contributed by atoms with Gasteiger partial charge >= 0.3 is 10.2 Å². The minimum Gasteiger partial charge on any atom is -0.497 e. The molecule has 0 unspecified atom stereocenters. The van der Waals surface area contributed by atoms with E-state index in [9.17, 15) is 13.2 Å². The van der Waals surface area contributed by atoms with Crippen LogP contribution in [0.25, 0.3) is 0 Å². The fraction of sp³-hybridized carbons (Fsp3) is 0.350. The molecule has 2 aromatic carbocycles. The van der Waals surface area contributed by atoms with Gasteiger partial charge in [-0.2, -0.15) is 12.7 Å². The Balaban J connectivity index is 2.20. The molecular weight excluding hydrogens is 378 g/mol. The second-order valence-electron chi connectivity index (χ2n) is 6.43. The van der Waals surface area contributed by atoms with E-state index < -0.39 is 10.2 Å². The molecule has 0 bridgehead atoms. The molecule has 0 saturated heterocycles. The van der Waals surface area contributed by atoms with E-state index in [1.54, 1.807) is 37.4 Å². The number of nitrogens with zero attached hydrogens (tertiary/aromatic N) is 2. The minimum absolute atomic E-state index is 0.224. The number of carbonyl (C=O) groups excluding carboxylic acids is 1. The maximum Gasteiger partial charge on any atom is 0.304 e. The van der Waals surface area contributed by atoms with Gasteiger partial charge in [0.15, 0.2) is 0 Å². The van der Waals surface area contributed by atoms with E-state index in [2.05, 4.69) is 5.32 Å². The number of para-hydroxylation sites is 1. The Bertz CT molecular complexity index is 868. The summed E-state index contributed by atoms with van der Waals surface area (Å²) in [6, 6.07) is 15.8. The van der Waals surface area contributed by atoms with Crippen molar-refractivity contribution >= 4 is 21.8 Å². The van der Waals surface area contributed by atoms with Crippen LogP contribution >= 0.6 is 0 Å². The number of hydrogen-bond acceptors (Lipinski definition) is 4. The summed E-state index contributed by atoms with van der Waals surface area (Å²) in [6.07, 6.45) is 0.670. The quantitative estimate of drug-likeness (QED) is 0.695. The van der Waals surface area contributed by atoms with Gasteiger partial charge in [-0.1, -0.05) is 37.3 Å². The average Bonchev–Trinajstić information content (AvgIpc) is 2.70. The number of carbonyl (C=O) groups is 1. The van der Waals surface area contributed by atoms with Gasteiger partial charge in [0, 0.05) is 14.1 Å². The van der Waals surface area contributed by atoms with Crippen LogP contribution in [-0.4, -0.2) is 46.4 Å². The molecule has 152 valence electrons. The molecule has 2 aromatic rings. The first-order valence-electron chi connectivity index (χ1n) is 8.98. The van der Waals surface area contributed by atoms with E-state index >= 15 is 0 Å². The third kappa shape index (κ3) is 5.24. The minimum atomic E-state index is -3.81. The topological polar surface area (TPSA) is 79.0 Å². The van der Waals surface area contributed by atoms with Crippen molar-refractivity contribution in [3.05, 3.63) is 60.2 Å². The summed E-state index contributed by atoms with van der Waals surface area (Å²) < 4.78 is 32.8. The number of amides is 1. The highest BCUT2D eigenvalue weighted by Crippen LogP contribution is 2.21. The van der Waals surface area contributed by atoms with Gasteiger partial charge in [0.05, 0.1) is 18.8 Å². The lowest BCUT2D eigenvalue weighted by Crippen LogP contribution is -2.46. The molecule has 2 rings (SSSR count). The third-order valence-corrected chi connectivity index (χ3v) is 6.15. The van der Waals surface area contributed by atoms with Crippen LogP contribution in [0, 0.1) is 0 Å². The maximum atomic E-state index is 12.7. The monoisotopic (exact) mass is 405 g/mol. The van der Waals surface area contributed by atoms with Crippen LogP contribution in [0.4, 0.5) is 5.69 Å². The Labute approximate surface area is 167 Å². The van der Waals surface area contributed by atoms with Crippen molar-refractivity contribution < 1.29 is 17.9 Å². The zero-order chi connectivity index (χ0) is 20.7. The van der Waals surface area contributed by atoms with E-state index in [1.807, 2.05) is 31.2 Å². The second-order valence-corrected chi connectivity index (χ2v) is 8.50. The lowest BCUT2D eigenvalue weighted by atomic mass is 10.0. The summed E-state index contributed by atoms with van der Waals surface area (Å²) in [5.74, 6) is 0.356. The van der Waals surface area contributed by atoms with Crippen LogP contribution in [-0.2, 0) is 15.0 Å². The van der Waals surface area contributed by atoms with Gasteiger partial charge in [0.25, 0.3) is 0 Å². The first kappa shape index (κ1) is 21.7. The Morgan fingerprint density at radius 1 is 1.07 bits per heavy atom. The molecule has 0 aliphatic carbocycles. The lowest BCUT2D eigenvalue weighted by molar-refractivity contribution is -0.120. The van der Waals surface area contributed by atoms with Gasteiger partial charge in [0.2, 0.25) is 5.91 Å². The van der Waals surface area contributed by atoms with Gasteiger partial charge in [-0.25, -0.2) is 4.31 Å². The van der Waals surface area contributed by atoms with Crippen LogP contribution < -0.4 is 14.4 Å². The van der Waals surface area contributed by atoms with Gasteiger partial charge in [-0.05, 0) is 36.2 Å². The maximum absolute atomic E-state index is 12.7. The Morgan fingerprint density at radius 2 is 1.68 bits per heavy atom. The Hall–Kier alpha value is -2.58. The van der Waals surface area contributed by atoms with Crippen molar-refractivity contribution in [1.29, 1.82) is 0 Å². The fourth-order valence-corrected chi connectivity index (χ4v) is 3.79. The fourth-order valence-electron chi connectivity index (χ4n) is 2.73. The van der Waals surface area contributed by atoms with Crippen molar-refractivity contribution in [2.75, 3.05) is 32.1 Å². The van der Waals surface area contributed by atoms with Crippen molar-refractivity contribution in [3.63, 3.8) is 0 Å². The standard InChI is InChI=1S/C20H27N3O4S/c1-5-19(16-11-13-18(27-4)14-12-16)21-20(24)15-23(28(25,26)22(2)3)17-9-7-6-8-10-17/h6-14,19H,5,15H2,1-4H3,(H,21,24)/t19-/m1/s1. The van der Waals surface area contributed by atoms with Crippen LogP contribution in [0.2, 0.25) is 0 Å². The number of ether oxygens (including phenoxy) is 1. The molecule has 28 heavy (non-hydrogen) atoms. The van der Waals surface area contributed by atoms with Gasteiger partial charge in [-0.3, -0.25) is 4.79 Å². The summed E-state index contributed by atoms with van der Waals surface area (Å²) >= 11 is 0. The molecule has 0 saturated carbocycles. The second kappa shape index (κ2) is 9.57. The Morgan fingerprint density at radius 3 is 2.18 bits per heavy atom. The van der Waals surface area contributed by atoms with Crippen LogP contribution in [0.3, 0.4) is 0 Å². The molecular formula is C20H27N3O4S. The number of methoxy groups -OCH3 is 1. The van der Waals surface area contributed by atoms with Crippen LogP contribution in [0.1, 0.15) is 24.9 Å². The molecule has 7 nitrogen and oxygen atoms in total. The summed E-state index contributed by atoms with van der Waals surface area (Å²) in [7, 11) is 0.660. The molecule has 0 aromatic heterocycles. The zero-order valence-electron chi connectivity index (χ0n) is 16.6. The summed E-state index contributed by atoms with van der Waals surface area (Å²) in [5, 5.41) is 2.93. The first-order valence-corrected chi connectivity index (χ1v) is 10.4. The third-order valence-electron chi connectivity index (χ3n) is 4.33. The van der Waals surface area contributed by atoms with Crippen molar-refractivity contribution in [2.45, 2.75) is 19.4 Å². The summed E-state index contributed by atoms with van der Waals surface area (Å²) in [4.78, 5) is 12.7. The van der Waals surface area contributed by atoms with Gasteiger partial charge in [-0.15, -0.1) is 0 Å². The smallest absolute Gasteiger partial charge is 0.304 e. The lowest BCUT2D eigenvalue weighted by Gasteiger charge is -2.28. The molecule has 1 atom stereocenters. The molecule has 1 amide bonds. The predicted octanol–water partition coefficient (Wildman–Crippen LogP) is 2.58.